The van der Waals surface area contributed by atoms with Crippen molar-refractivity contribution in [3.63, 3.8) is 0 Å². The fraction of sp³-hybridized carbons (Fsp3) is 0.733. The van der Waals surface area contributed by atoms with E-state index >= 15 is 0 Å². The Morgan fingerprint density at radius 3 is 2.60 bits per heavy atom. The largest absolute Gasteiger partial charge is 0.103 e. The van der Waals surface area contributed by atoms with Crippen LogP contribution in [-0.4, -0.2) is 0 Å². The number of hydrogen-bond acceptors (Lipinski definition) is 0. The monoisotopic (exact) mass is 204 g/mol. The molecule has 84 valence electrons. The van der Waals surface area contributed by atoms with Crippen LogP contribution in [0.15, 0.2) is 23.8 Å². The van der Waals surface area contributed by atoms with Crippen molar-refractivity contribution in [2.45, 2.75) is 58.3 Å². The molecule has 0 aromatic heterocycles. The molecule has 15 heavy (non-hydrogen) atoms. The van der Waals surface area contributed by atoms with Crippen molar-refractivity contribution in [3.8, 4) is 0 Å². The summed E-state index contributed by atoms with van der Waals surface area (Å²) in [5, 5.41) is 0. The molecule has 0 aromatic carbocycles. The van der Waals surface area contributed by atoms with Gasteiger partial charge in [-0.1, -0.05) is 37.0 Å². The third kappa shape index (κ3) is 2.74. The second kappa shape index (κ2) is 5.01. The van der Waals surface area contributed by atoms with E-state index < -0.39 is 0 Å². The lowest BCUT2D eigenvalue weighted by molar-refractivity contribution is 0.393. The van der Waals surface area contributed by atoms with Crippen LogP contribution in [0.2, 0.25) is 0 Å². The van der Waals surface area contributed by atoms with E-state index in [4.69, 9.17) is 0 Å². The molecule has 0 heteroatoms. The summed E-state index contributed by atoms with van der Waals surface area (Å²) in [6.07, 6.45) is 13.2. The van der Waals surface area contributed by atoms with E-state index in [0.29, 0.717) is 0 Å². The second-order valence-corrected chi connectivity index (χ2v) is 5.32. The minimum Gasteiger partial charge on any atom is -0.103 e. The van der Waals surface area contributed by atoms with Crippen LogP contribution in [0.25, 0.3) is 0 Å². The van der Waals surface area contributed by atoms with Gasteiger partial charge in [0.15, 0.2) is 0 Å². The van der Waals surface area contributed by atoms with Gasteiger partial charge in [-0.05, 0) is 50.4 Å². The van der Waals surface area contributed by atoms with Gasteiger partial charge in [0.2, 0.25) is 0 Å². The van der Waals surface area contributed by atoms with Crippen molar-refractivity contribution in [1.82, 2.24) is 0 Å². The fourth-order valence-electron chi connectivity index (χ4n) is 2.81. The molecule has 0 heterocycles. The molecule has 2 aliphatic rings. The Kier molecular flexibility index (Phi) is 3.66. The molecule has 2 saturated carbocycles. The van der Waals surface area contributed by atoms with Crippen LogP contribution in [0.3, 0.4) is 0 Å². The highest BCUT2D eigenvalue weighted by Gasteiger charge is 2.35. The molecule has 0 amide bonds. The van der Waals surface area contributed by atoms with Crippen LogP contribution in [0, 0.1) is 11.8 Å². The molecular weight excluding hydrogens is 180 g/mol. The number of allylic oxidation sites excluding steroid dienone is 3. The second-order valence-electron chi connectivity index (χ2n) is 5.32. The first-order valence-electron chi connectivity index (χ1n) is 6.65. The Morgan fingerprint density at radius 1 is 1.27 bits per heavy atom. The Hall–Kier alpha value is -0.520. The van der Waals surface area contributed by atoms with Crippen molar-refractivity contribution in [2.75, 3.05) is 0 Å². The van der Waals surface area contributed by atoms with Crippen LogP contribution in [0.5, 0.6) is 0 Å². The summed E-state index contributed by atoms with van der Waals surface area (Å²) in [5.41, 5.74) is 3.70. The summed E-state index contributed by atoms with van der Waals surface area (Å²) in [6.45, 7) is 6.14. The molecule has 2 unspecified atom stereocenters. The molecule has 0 saturated heterocycles. The molecule has 0 spiro atoms. The third-order valence-electron chi connectivity index (χ3n) is 4.09. The van der Waals surface area contributed by atoms with Crippen molar-refractivity contribution in [3.05, 3.63) is 23.8 Å². The van der Waals surface area contributed by atoms with Gasteiger partial charge in [0, 0.05) is 0 Å². The molecule has 0 aromatic rings. The predicted molar refractivity (Wildman–Crippen MR) is 66.8 cm³/mol. The van der Waals surface area contributed by atoms with Crippen LogP contribution < -0.4 is 0 Å². The molecule has 2 atom stereocenters. The Bertz CT molecular complexity index is 259. The molecule has 0 N–H and O–H groups in total. The lowest BCUT2D eigenvalue weighted by Crippen LogP contribution is -2.15. The van der Waals surface area contributed by atoms with E-state index in [1.165, 1.54) is 51.4 Å². The summed E-state index contributed by atoms with van der Waals surface area (Å²) in [6, 6.07) is 0. The SMILES string of the molecule is C=CCCCCCC1CCC1=C1CC1C. The summed E-state index contributed by atoms with van der Waals surface area (Å²) < 4.78 is 0. The molecular formula is C15H24. The van der Waals surface area contributed by atoms with E-state index in [0.717, 1.165) is 11.8 Å². The van der Waals surface area contributed by atoms with Gasteiger partial charge in [-0.25, -0.2) is 0 Å². The average Bonchev–Trinajstić information content (AvgIpc) is 2.87. The Labute approximate surface area is 94.5 Å². The summed E-state index contributed by atoms with van der Waals surface area (Å²) in [7, 11) is 0. The highest BCUT2D eigenvalue weighted by molar-refractivity contribution is 5.34. The number of unbranched alkanes of at least 4 members (excludes halogenated alkanes) is 3. The Morgan fingerprint density at radius 2 is 2.07 bits per heavy atom. The summed E-state index contributed by atoms with van der Waals surface area (Å²) in [5.74, 6) is 1.94. The van der Waals surface area contributed by atoms with Gasteiger partial charge < -0.3 is 0 Å². The molecule has 2 rings (SSSR count). The minimum absolute atomic E-state index is 0.948. The predicted octanol–water partition coefficient (Wildman–Crippen LogP) is 4.87. The first-order valence-corrected chi connectivity index (χ1v) is 6.65. The zero-order valence-electron chi connectivity index (χ0n) is 10.1. The van der Waals surface area contributed by atoms with Gasteiger partial charge in [0.1, 0.15) is 0 Å². The van der Waals surface area contributed by atoms with Crippen LogP contribution >= 0.6 is 0 Å². The van der Waals surface area contributed by atoms with Crippen LogP contribution in [-0.2, 0) is 0 Å². The maximum Gasteiger partial charge on any atom is -0.0191 e. The standard InChI is InChI=1S/C15H24/c1-3-4-5-6-7-8-13-9-10-14(13)15-11-12(15)2/h3,12-13H,1,4-11H2,2H3. The Balaban J connectivity index is 1.62. The van der Waals surface area contributed by atoms with Gasteiger partial charge >= 0.3 is 0 Å². The highest BCUT2D eigenvalue weighted by atomic mass is 14.4. The highest BCUT2D eigenvalue weighted by Crippen LogP contribution is 2.50. The van der Waals surface area contributed by atoms with Crippen LogP contribution in [0.1, 0.15) is 58.3 Å². The normalized spacial score (nSPS) is 33.7. The maximum atomic E-state index is 3.77. The number of hydrogen-bond donors (Lipinski definition) is 0. The van der Waals surface area contributed by atoms with Crippen molar-refractivity contribution in [1.29, 1.82) is 0 Å². The van der Waals surface area contributed by atoms with Gasteiger partial charge in [-0.3, -0.25) is 0 Å². The van der Waals surface area contributed by atoms with Gasteiger partial charge in [-0.2, -0.15) is 0 Å². The van der Waals surface area contributed by atoms with Gasteiger partial charge in [0.05, 0.1) is 0 Å². The fourth-order valence-corrected chi connectivity index (χ4v) is 2.81. The lowest BCUT2D eigenvalue weighted by Gasteiger charge is -2.30. The molecule has 2 fully saturated rings. The van der Waals surface area contributed by atoms with Gasteiger partial charge in [-0.15, -0.1) is 6.58 Å². The van der Waals surface area contributed by atoms with E-state index in [1.54, 1.807) is 0 Å². The van der Waals surface area contributed by atoms with E-state index in [2.05, 4.69) is 13.5 Å². The third-order valence-corrected chi connectivity index (χ3v) is 4.09. The summed E-state index contributed by atoms with van der Waals surface area (Å²) >= 11 is 0. The smallest absolute Gasteiger partial charge is 0.0191 e. The summed E-state index contributed by atoms with van der Waals surface area (Å²) in [4.78, 5) is 0. The quantitative estimate of drug-likeness (QED) is 0.428. The zero-order valence-corrected chi connectivity index (χ0v) is 10.1. The zero-order chi connectivity index (χ0) is 10.7. The average molecular weight is 204 g/mol. The molecule has 0 nitrogen and oxygen atoms in total. The van der Waals surface area contributed by atoms with Crippen molar-refractivity contribution >= 4 is 0 Å². The first kappa shape index (κ1) is 11.0. The van der Waals surface area contributed by atoms with E-state index in [9.17, 15) is 0 Å². The van der Waals surface area contributed by atoms with Crippen molar-refractivity contribution in [2.24, 2.45) is 11.8 Å². The lowest BCUT2D eigenvalue weighted by atomic mass is 9.75. The van der Waals surface area contributed by atoms with E-state index in [-0.39, 0.29) is 0 Å². The minimum atomic E-state index is 0.948. The topological polar surface area (TPSA) is 0 Å². The molecule has 2 aliphatic carbocycles. The maximum absolute atomic E-state index is 3.77. The first-order chi connectivity index (χ1) is 7.33. The van der Waals surface area contributed by atoms with Gasteiger partial charge in [0.25, 0.3) is 0 Å². The molecule has 0 radical (unpaired) electrons. The molecule has 0 bridgehead atoms. The van der Waals surface area contributed by atoms with Crippen molar-refractivity contribution < 1.29 is 0 Å². The van der Waals surface area contributed by atoms with Crippen LogP contribution in [0.4, 0.5) is 0 Å². The number of rotatable bonds is 6. The van der Waals surface area contributed by atoms with E-state index in [1.807, 2.05) is 17.2 Å². The molecule has 0 aliphatic heterocycles.